The predicted molar refractivity (Wildman–Crippen MR) is 65.0 cm³/mol. The Hall–Kier alpha value is -2.56. The number of aryl methyl sites for hydroxylation is 1. The molecule has 0 aliphatic heterocycles. The highest BCUT2D eigenvalue weighted by atomic mass is 16.5. The number of hydrogen-bond donors (Lipinski definition) is 1. The molecule has 0 saturated heterocycles. The molecule has 5 heteroatoms. The molecule has 3 rings (SSSR count). The summed E-state index contributed by atoms with van der Waals surface area (Å²) in [6, 6.07) is 2.79. The van der Waals surface area contributed by atoms with Gasteiger partial charge in [0.15, 0.2) is 0 Å². The molecule has 0 amide bonds. The number of furan rings is 1. The average Bonchev–Trinajstić information content (AvgIpc) is 2.78. The predicted octanol–water partition coefficient (Wildman–Crippen LogP) is 2.08. The number of rotatable bonds is 1. The van der Waals surface area contributed by atoms with Crippen LogP contribution in [0.15, 0.2) is 22.8 Å². The van der Waals surface area contributed by atoms with Gasteiger partial charge in [0.05, 0.1) is 29.4 Å². The van der Waals surface area contributed by atoms with Crippen molar-refractivity contribution in [3.05, 3.63) is 46.4 Å². The first kappa shape index (κ1) is 11.5. The second-order valence-electron chi connectivity index (χ2n) is 4.28. The third-order valence-electron chi connectivity index (χ3n) is 3.27. The molecule has 2 aromatic rings. The first-order valence-corrected chi connectivity index (χ1v) is 5.63. The van der Waals surface area contributed by atoms with Crippen molar-refractivity contribution in [3.63, 3.8) is 0 Å². The summed E-state index contributed by atoms with van der Waals surface area (Å²) in [6.07, 6.45) is 1.26. The third-order valence-corrected chi connectivity index (χ3v) is 3.27. The van der Waals surface area contributed by atoms with Crippen molar-refractivity contribution in [1.29, 1.82) is 0 Å². The van der Waals surface area contributed by atoms with Crippen LogP contribution in [0.25, 0.3) is 0 Å². The van der Waals surface area contributed by atoms with Crippen molar-refractivity contribution in [3.8, 4) is 11.5 Å². The SMILES string of the molecule is COc1ccc(O)c2c1C(=O)c1coc(C)c1C2=O. The largest absolute Gasteiger partial charge is 0.507 e. The Bertz CT molecular complexity index is 724. The summed E-state index contributed by atoms with van der Waals surface area (Å²) in [5.74, 6) is -0.418. The Balaban J connectivity index is 2.39. The minimum Gasteiger partial charge on any atom is -0.507 e. The molecule has 0 saturated carbocycles. The molecule has 1 aliphatic rings. The van der Waals surface area contributed by atoms with E-state index in [-0.39, 0.29) is 39.5 Å². The van der Waals surface area contributed by atoms with Crippen molar-refractivity contribution >= 4 is 11.6 Å². The summed E-state index contributed by atoms with van der Waals surface area (Å²) in [6.45, 7) is 1.60. The van der Waals surface area contributed by atoms with Crippen LogP contribution >= 0.6 is 0 Å². The van der Waals surface area contributed by atoms with Crippen LogP contribution < -0.4 is 4.74 Å². The Labute approximate surface area is 108 Å². The third kappa shape index (κ3) is 1.35. The summed E-state index contributed by atoms with van der Waals surface area (Å²) in [5, 5.41) is 9.86. The van der Waals surface area contributed by atoms with Gasteiger partial charge in [-0.3, -0.25) is 9.59 Å². The van der Waals surface area contributed by atoms with Gasteiger partial charge in [-0.2, -0.15) is 0 Å². The van der Waals surface area contributed by atoms with E-state index < -0.39 is 5.78 Å². The number of ketones is 2. The van der Waals surface area contributed by atoms with Crippen molar-refractivity contribution in [1.82, 2.24) is 0 Å². The quantitative estimate of drug-likeness (QED) is 0.723. The number of methoxy groups -OCH3 is 1. The van der Waals surface area contributed by atoms with Crippen LogP contribution in [0.4, 0.5) is 0 Å². The highest BCUT2D eigenvalue weighted by Crippen LogP contribution is 2.39. The van der Waals surface area contributed by atoms with Gasteiger partial charge in [0.2, 0.25) is 11.6 Å². The maximum absolute atomic E-state index is 12.4. The number of carbonyl (C=O) groups excluding carboxylic acids is 2. The number of carbonyl (C=O) groups is 2. The van der Waals surface area contributed by atoms with E-state index in [9.17, 15) is 14.7 Å². The number of aromatic hydroxyl groups is 1. The molecule has 1 aromatic heterocycles. The van der Waals surface area contributed by atoms with Gasteiger partial charge < -0.3 is 14.3 Å². The topological polar surface area (TPSA) is 76.7 Å². The second-order valence-corrected chi connectivity index (χ2v) is 4.28. The number of phenols is 1. The number of hydrogen-bond acceptors (Lipinski definition) is 5. The molecular formula is C14H10O5. The van der Waals surface area contributed by atoms with Crippen molar-refractivity contribution in [2.45, 2.75) is 6.92 Å². The van der Waals surface area contributed by atoms with Crippen LogP contribution in [-0.4, -0.2) is 23.8 Å². The number of phenolic OH excluding ortho intramolecular Hbond substituents is 1. The van der Waals surface area contributed by atoms with Gasteiger partial charge in [0.1, 0.15) is 23.5 Å². The van der Waals surface area contributed by atoms with Gasteiger partial charge in [0.25, 0.3) is 0 Å². The maximum Gasteiger partial charge on any atom is 0.201 e. The molecule has 1 heterocycles. The molecule has 0 atom stereocenters. The zero-order chi connectivity index (χ0) is 13.7. The molecule has 5 nitrogen and oxygen atoms in total. The van der Waals surface area contributed by atoms with Crippen LogP contribution in [-0.2, 0) is 0 Å². The summed E-state index contributed by atoms with van der Waals surface area (Å²) in [4.78, 5) is 24.8. The van der Waals surface area contributed by atoms with E-state index in [1.807, 2.05) is 0 Å². The minimum absolute atomic E-state index is 0.0265. The summed E-state index contributed by atoms with van der Waals surface area (Å²) >= 11 is 0. The van der Waals surface area contributed by atoms with Gasteiger partial charge in [0, 0.05) is 0 Å². The first-order chi connectivity index (χ1) is 9.06. The zero-order valence-corrected chi connectivity index (χ0v) is 10.3. The fourth-order valence-electron chi connectivity index (χ4n) is 2.36. The standard InChI is InChI=1S/C14H10O5/c1-6-10-7(5-19-6)13(16)12-9(18-2)4-3-8(15)11(12)14(10)17/h3-5,15H,1-2H3. The zero-order valence-electron chi connectivity index (χ0n) is 10.3. The molecule has 96 valence electrons. The highest BCUT2D eigenvalue weighted by Gasteiger charge is 2.37. The van der Waals surface area contributed by atoms with E-state index in [0.717, 1.165) is 0 Å². The van der Waals surface area contributed by atoms with Crippen LogP contribution in [0, 0.1) is 6.92 Å². The van der Waals surface area contributed by atoms with Gasteiger partial charge in [-0.25, -0.2) is 0 Å². The van der Waals surface area contributed by atoms with Crippen LogP contribution in [0.2, 0.25) is 0 Å². The molecule has 0 spiro atoms. The molecule has 0 fully saturated rings. The van der Waals surface area contributed by atoms with E-state index in [0.29, 0.717) is 5.76 Å². The van der Waals surface area contributed by atoms with E-state index in [1.165, 1.54) is 25.5 Å². The van der Waals surface area contributed by atoms with E-state index >= 15 is 0 Å². The van der Waals surface area contributed by atoms with E-state index in [2.05, 4.69) is 0 Å². The fourth-order valence-corrected chi connectivity index (χ4v) is 2.36. The van der Waals surface area contributed by atoms with E-state index in [1.54, 1.807) is 6.92 Å². The Morgan fingerprint density at radius 2 is 1.84 bits per heavy atom. The molecule has 0 radical (unpaired) electrons. The minimum atomic E-state index is -0.424. The summed E-state index contributed by atoms with van der Waals surface area (Å²) in [5.41, 5.74) is 0.474. The number of benzene rings is 1. The lowest BCUT2D eigenvalue weighted by atomic mass is 9.84. The second kappa shape index (κ2) is 3.71. The molecule has 19 heavy (non-hydrogen) atoms. The Morgan fingerprint density at radius 1 is 1.11 bits per heavy atom. The smallest absolute Gasteiger partial charge is 0.201 e. The lowest BCUT2D eigenvalue weighted by molar-refractivity contribution is 0.0974. The Kier molecular flexibility index (Phi) is 2.25. The summed E-state index contributed by atoms with van der Waals surface area (Å²) < 4.78 is 10.2. The first-order valence-electron chi connectivity index (χ1n) is 5.63. The van der Waals surface area contributed by atoms with Gasteiger partial charge in [-0.05, 0) is 19.1 Å². The normalized spacial score (nSPS) is 13.2. The van der Waals surface area contributed by atoms with Gasteiger partial charge in [-0.15, -0.1) is 0 Å². The monoisotopic (exact) mass is 258 g/mol. The number of fused-ring (bicyclic) bond motifs is 2. The van der Waals surface area contributed by atoms with Crippen LogP contribution in [0.5, 0.6) is 11.5 Å². The van der Waals surface area contributed by atoms with Crippen molar-refractivity contribution < 1.29 is 23.8 Å². The molecule has 1 N–H and O–H groups in total. The van der Waals surface area contributed by atoms with E-state index in [4.69, 9.17) is 9.15 Å². The van der Waals surface area contributed by atoms with Crippen molar-refractivity contribution in [2.24, 2.45) is 0 Å². The Morgan fingerprint density at radius 3 is 2.53 bits per heavy atom. The van der Waals surface area contributed by atoms with Crippen molar-refractivity contribution in [2.75, 3.05) is 7.11 Å². The molecule has 1 aromatic carbocycles. The molecule has 0 unspecified atom stereocenters. The number of ether oxygens (including phenoxy) is 1. The summed E-state index contributed by atoms with van der Waals surface area (Å²) in [7, 11) is 1.40. The molecule has 0 bridgehead atoms. The lowest BCUT2D eigenvalue weighted by Gasteiger charge is -2.17. The molecular weight excluding hydrogens is 248 g/mol. The highest BCUT2D eigenvalue weighted by molar-refractivity contribution is 6.30. The van der Waals surface area contributed by atoms with Gasteiger partial charge >= 0.3 is 0 Å². The lowest BCUT2D eigenvalue weighted by Crippen LogP contribution is -2.21. The molecule has 1 aliphatic carbocycles. The van der Waals surface area contributed by atoms with Crippen LogP contribution in [0.1, 0.15) is 37.6 Å². The van der Waals surface area contributed by atoms with Gasteiger partial charge in [-0.1, -0.05) is 0 Å². The fraction of sp³-hybridized carbons (Fsp3) is 0.143. The average molecular weight is 258 g/mol. The van der Waals surface area contributed by atoms with Crippen LogP contribution in [0.3, 0.4) is 0 Å². The maximum atomic E-state index is 12.4.